The standard InChI is InChI=1S/C17H21N3O4/c1-3-23-17(22)20-8-4-5-12(10-20)16(21)19-13-6-7-15-14(9-13)18-11(2)24-15/h6-7,9,12H,3-5,8,10H2,1-2H3,(H,19,21)/t12-/m0/s1. The number of aryl methyl sites for hydroxylation is 1. The largest absolute Gasteiger partial charge is 0.450 e. The van der Waals surface area contributed by atoms with E-state index in [1.807, 2.05) is 0 Å². The van der Waals surface area contributed by atoms with Crippen molar-refractivity contribution in [2.75, 3.05) is 25.0 Å². The van der Waals surface area contributed by atoms with Gasteiger partial charge in [0.25, 0.3) is 0 Å². The summed E-state index contributed by atoms with van der Waals surface area (Å²) in [4.78, 5) is 30.2. The Kier molecular flexibility index (Phi) is 4.69. The molecule has 1 saturated heterocycles. The number of benzene rings is 1. The van der Waals surface area contributed by atoms with Gasteiger partial charge in [0.1, 0.15) is 5.52 Å². The van der Waals surface area contributed by atoms with Crippen molar-refractivity contribution in [3.63, 3.8) is 0 Å². The Labute approximate surface area is 140 Å². The lowest BCUT2D eigenvalue weighted by Crippen LogP contribution is -2.44. The van der Waals surface area contributed by atoms with Gasteiger partial charge in [-0.3, -0.25) is 4.79 Å². The Morgan fingerprint density at radius 2 is 2.29 bits per heavy atom. The van der Waals surface area contributed by atoms with Crippen LogP contribution in [0.1, 0.15) is 25.7 Å². The van der Waals surface area contributed by atoms with E-state index >= 15 is 0 Å². The van der Waals surface area contributed by atoms with Crippen LogP contribution in [0.3, 0.4) is 0 Å². The van der Waals surface area contributed by atoms with Crippen LogP contribution in [0.15, 0.2) is 22.6 Å². The number of nitrogens with zero attached hydrogens (tertiary/aromatic N) is 2. The molecule has 0 bridgehead atoms. The molecule has 1 aromatic carbocycles. The molecule has 1 aromatic heterocycles. The molecule has 2 amide bonds. The van der Waals surface area contributed by atoms with Gasteiger partial charge in [0.15, 0.2) is 11.5 Å². The summed E-state index contributed by atoms with van der Waals surface area (Å²) in [6, 6.07) is 5.36. The Morgan fingerprint density at radius 3 is 3.08 bits per heavy atom. The number of oxazole rings is 1. The van der Waals surface area contributed by atoms with E-state index in [4.69, 9.17) is 9.15 Å². The maximum atomic E-state index is 12.5. The number of hydrogen-bond acceptors (Lipinski definition) is 5. The number of anilines is 1. The van der Waals surface area contributed by atoms with Crippen LogP contribution in [0, 0.1) is 12.8 Å². The van der Waals surface area contributed by atoms with Gasteiger partial charge in [0.2, 0.25) is 5.91 Å². The molecule has 128 valence electrons. The van der Waals surface area contributed by atoms with E-state index in [1.165, 1.54) is 0 Å². The highest BCUT2D eigenvalue weighted by molar-refractivity contribution is 5.94. The highest BCUT2D eigenvalue weighted by atomic mass is 16.6. The average molecular weight is 331 g/mol. The summed E-state index contributed by atoms with van der Waals surface area (Å²) in [6.45, 7) is 4.91. The van der Waals surface area contributed by atoms with Crippen LogP contribution in [-0.2, 0) is 9.53 Å². The van der Waals surface area contributed by atoms with Crippen molar-refractivity contribution in [3.05, 3.63) is 24.1 Å². The number of rotatable bonds is 3. The van der Waals surface area contributed by atoms with Gasteiger partial charge in [-0.05, 0) is 38.0 Å². The molecule has 7 heteroatoms. The monoisotopic (exact) mass is 331 g/mol. The van der Waals surface area contributed by atoms with Crippen LogP contribution < -0.4 is 5.32 Å². The second-order valence-corrected chi connectivity index (χ2v) is 5.89. The smallest absolute Gasteiger partial charge is 0.409 e. The van der Waals surface area contributed by atoms with Crippen molar-refractivity contribution >= 4 is 28.8 Å². The Bertz CT molecular complexity index is 755. The van der Waals surface area contributed by atoms with E-state index < -0.39 is 0 Å². The van der Waals surface area contributed by atoms with Crippen LogP contribution in [0.5, 0.6) is 0 Å². The van der Waals surface area contributed by atoms with Gasteiger partial charge in [-0.1, -0.05) is 0 Å². The van der Waals surface area contributed by atoms with Crippen molar-refractivity contribution in [3.8, 4) is 0 Å². The first-order valence-corrected chi connectivity index (χ1v) is 8.16. The minimum absolute atomic E-state index is 0.0939. The average Bonchev–Trinajstić information content (AvgIpc) is 2.94. The van der Waals surface area contributed by atoms with E-state index in [9.17, 15) is 9.59 Å². The van der Waals surface area contributed by atoms with Crippen LogP contribution in [-0.4, -0.2) is 41.6 Å². The molecule has 3 rings (SSSR count). The highest BCUT2D eigenvalue weighted by Gasteiger charge is 2.29. The molecular weight excluding hydrogens is 310 g/mol. The van der Waals surface area contributed by atoms with Gasteiger partial charge in [0, 0.05) is 25.7 Å². The topological polar surface area (TPSA) is 84.7 Å². The fourth-order valence-corrected chi connectivity index (χ4v) is 2.94. The van der Waals surface area contributed by atoms with E-state index in [0.29, 0.717) is 42.4 Å². The third-order valence-electron chi connectivity index (χ3n) is 4.08. The first-order chi connectivity index (χ1) is 11.6. The maximum Gasteiger partial charge on any atom is 0.409 e. The predicted octanol–water partition coefficient (Wildman–Crippen LogP) is 2.94. The number of carbonyl (C=O) groups is 2. The van der Waals surface area contributed by atoms with Gasteiger partial charge in [-0.2, -0.15) is 0 Å². The lowest BCUT2D eigenvalue weighted by atomic mass is 9.97. The third kappa shape index (κ3) is 3.50. The molecule has 1 fully saturated rings. The lowest BCUT2D eigenvalue weighted by molar-refractivity contribution is -0.121. The SMILES string of the molecule is CCOC(=O)N1CCC[C@H](C(=O)Nc2ccc3oc(C)nc3c2)C1. The second kappa shape index (κ2) is 6.90. The van der Waals surface area contributed by atoms with Crippen LogP contribution in [0.25, 0.3) is 11.1 Å². The zero-order chi connectivity index (χ0) is 17.1. The highest BCUT2D eigenvalue weighted by Crippen LogP contribution is 2.22. The molecule has 1 atom stereocenters. The zero-order valence-corrected chi connectivity index (χ0v) is 13.9. The number of fused-ring (bicyclic) bond motifs is 1. The van der Waals surface area contributed by atoms with Gasteiger partial charge in [0.05, 0.1) is 12.5 Å². The maximum absolute atomic E-state index is 12.5. The normalized spacial score (nSPS) is 17.8. The first-order valence-electron chi connectivity index (χ1n) is 8.16. The number of aromatic nitrogens is 1. The molecule has 7 nitrogen and oxygen atoms in total. The predicted molar refractivity (Wildman–Crippen MR) is 88.7 cm³/mol. The number of likely N-dealkylation sites (tertiary alicyclic amines) is 1. The molecule has 0 aliphatic carbocycles. The number of nitrogens with one attached hydrogen (secondary N) is 1. The van der Waals surface area contributed by atoms with Crippen molar-refractivity contribution in [2.45, 2.75) is 26.7 Å². The van der Waals surface area contributed by atoms with E-state index in [-0.39, 0.29) is 17.9 Å². The summed E-state index contributed by atoms with van der Waals surface area (Å²) in [5.74, 6) is 0.257. The fourth-order valence-electron chi connectivity index (χ4n) is 2.94. The van der Waals surface area contributed by atoms with Gasteiger partial charge in [-0.25, -0.2) is 9.78 Å². The molecule has 0 radical (unpaired) electrons. The summed E-state index contributed by atoms with van der Waals surface area (Å²) < 4.78 is 10.4. The number of hydrogen-bond donors (Lipinski definition) is 1. The van der Waals surface area contributed by atoms with Crippen molar-refractivity contribution in [2.24, 2.45) is 5.92 Å². The minimum atomic E-state index is -0.352. The Hall–Kier alpha value is -2.57. The number of ether oxygens (including phenoxy) is 1. The number of piperidine rings is 1. The third-order valence-corrected chi connectivity index (χ3v) is 4.08. The fraction of sp³-hybridized carbons (Fsp3) is 0.471. The molecular formula is C17H21N3O4. The summed E-state index contributed by atoms with van der Waals surface area (Å²) in [6.07, 6.45) is 1.19. The first kappa shape index (κ1) is 16.3. The quantitative estimate of drug-likeness (QED) is 0.934. The molecule has 0 spiro atoms. The van der Waals surface area contributed by atoms with Crippen LogP contribution >= 0.6 is 0 Å². The summed E-state index contributed by atoms with van der Waals surface area (Å²) in [5.41, 5.74) is 2.08. The van der Waals surface area contributed by atoms with Crippen molar-refractivity contribution in [1.29, 1.82) is 0 Å². The Morgan fingerprint density at radius 1 is 1.46 bits per heavy atom. The molecule has 0 saturated carbocycles. The minimum Gasteiger partial charge on any atom is -0.450 e. The van der Waals surface area contributed by atoms with E-state index in [1.54, 1.807) is 36.9 Å². The van der Waals surface area contributed by atoms with Gasteiger partial charge in [-0.15, -0.1) is 0 Å². The van der Waals surface area contributed by atoms with Crippen LogP contribution in [0.4, 0.5) is 10.5 Å². The molecule has 1 aliphatic heterocycles. The summed E-state index contributed by atoms with van der Waals surface area (Å²) in [5, 5.41) is 2.91. The molecule has 0 unspecified atom stereocenters. The Balaban J connectivity index is 1.65. The second-order valence-electron chi connectivity index (χ2n) is 5.89. The van der Waals surface area contributed by atoms with E-state index in [2.05, 4.69) is 10.3 Å². The molecule has 2 heterocycles. The zero-order valence-electron chi connectivity index (χ0n) is 13.9. The number of amides is 2. The molecule has 1 N–H and O–H groups in total. The van der Waals surface area contributed by atoms with Gasteiger partial charge >= 0.3 is 6.09 Å². The molecule has 2 aromatic rings. The van der Waals surface area contributed by atoms with E-state index in [0.717, 1.165) is 12.8 Å². The lowest BCUT2D eigenvalue weighted by Gasteiger charge is -2.31. The van der Waals surface area contributed by atoms with Crippen molar-refractivity contribution in [1.82, 2.24) is 9.88 Å². The van der Waals surface area contributed by atoms with Crippen LogP contribution in [0.2, 0.25) is 0 Å². The molecule has 1 aliphatic rings. The summed E-state index contributed by atoms with van der Waals surface area (Å²) in [7, 11) is 0. The number of carbonyl (C=O) groups excluding carboxylic acids is 2. The summed E-state index contributed by atoms with van der Waals surface area (Å²) >= 11 is 0. The van der Waals surface area contributed by atoms with Gasteiger partial charge < -0.3 is 19.4 Å². The molecule has 24 heavy (non-hydrogen) atoms. The van der Waals surface area contributed by atoms with Crippen molar-refractivity contribution < 1.29 is 18.7 Å².